The van der Waals surface area contributed by atoms with Gasteiger partial charge in [-0.25, -0.2) is 18.1 Å². The first kappa shape index (κ1) is 15.0. The summed E-state index contributed by atoms with van der Waals surface area (Å²) in [6.45, 7) is 0.818. The van der Waals surface area contributed by atoms with Gasteiger partial charge in [-0.3, -0.25) is 0 Å². The van der Waals surface area contributed by atoms with E-state index < -0.39 is 10.0 Å². The van der Waals surface area contributed by atoms with Crippen molar-refractivity contribution in [2.75, 3.05) is 20.3 Å². The molecule has 0 atom stereocenters. The summed E-state index contributed by atoms with van der Waals surface area (Å²) in [4.78, 5) is 3.80. The second kappa shape index (κ2) is 7.42. The van der Waals surface area contributed by atoms with Gasteiger partial charge >= 0.3 is 0 Å². The number of pyridine rings is 1. The summed E-state index contributed by atoms with van der Waals surface area (Å²) >= 11 is 0. The number of sulfonamides is 1. The van der Waals surface area contributed by atoms with Gasteiger partial charge in [0.05, 0.1) is 6.61 Å². The molecule has 0 saturated heterocycles. The van der Waals surface area contributed by atoms with Crippen LogP contribution in [0.15, 0.2) is 23.4 Å². The number of hydrogen-bond donors (Lipinski definition) is 2. The predicted molar refractivity (Wildman–Crippen MR) is 66.5 cm³/mol. The number of aromatic nitrogens is 1. The van der Waals surface area contributed by atoms with Crippen molar-refractivity contribution in [1.82, 2.24) is 9.71 Å². The maximum atomic E-state index is 11.8. The molecule has 0 aliphatic rings. The zero-order valence-corrected chi connectivity index (χ0v) is 11.1. The van der Waals surface area contributed by atoms with Gasteiger partial charge in [0.2, 0.25) is 0 Å². The van der Waals surface area contributed by atoms with Crippen molar-refractivity contribution in [3.8, 4) is 0 Å². The van der Waals surface area contributed by atoms with E-state index in [2.05, 4.69) is 9.71 Å². The smallest absolute Gasteiger partial charge is 0.258 e. The fourth-order valence-electron chi connectivity index (χ4n) is 1.32. The highest BCUT2D eigenvalue weighted by Crippen LogP contribution is 2.06. The number of aliphatic hydroxyl groups excluding tert-OH is 1. The van der Waals surface area contributed by atoms with Crippen molar-refractivity contribution in [2.45, 2.75) is 24.5 Å². The summed E-state index contributed by atoms with van der Waals surface area (Å²) in [7, 11) is -1.95. The zero-order chi connectivity index (χ0) is 13.4. The molecule has 0 bridgehead atoms. The molecule has 0 aliphatic carbocycles. The third-order valence-electron chi connectivity index (χ3n) is 2.32. The lowest BCUT2D eigenvalue weighted by molar-refractivity contribution is 0.193. The van der Waals surface area contributed by atoms with Crippen molar-refractivity contribution in [2.24, 2.45) is 0 Å². The zero-order valence-electron chi connectivity index (χ0n) is 10.3. The van der Waals surface area contributed by atoms with Crippen molar-refractivity contribution in [3.63, 3.8) is 0 Å². The monoisotopic (exact) mass is 274 g/mol. The summed E-state index contributed by atoms with van der Waals surface area (Å²) < 4.78 is 30.9. The molecule has 1 aromatic rings. The molecule has 102 valence electrons. The van der Waals surface area contributed by atoms with Crippen LogP contribution in [0.2, 0.25) is 0 Å². The van der Waals surface area contributed by atoms with Gasteiger partial charge in [0.15, 0.2) is 5.03 Å². The lowest BCUT2D eigenvalue weighted by atomic mass is 10.3. The number of rotatable bonds is 8. The molecule has 1 aromatic heterocycles. The second-order valence-corrected chi connectivity index (χ2v) is 5.47. The molecule has 0 amide bonds. The molecule has 7 heteroatoms. The van der Waals surface area contributed by atoms with E-state index >= 15 is 0 Å². The SMILES string of the molecule is COCCCCNS(=O)(=O)c1ccc(CO)cn1. The van der Waals surface area contributed by atoms with Gasteiger partial charge in [-0.15, -0.1) is 0 Å². The lowest BCUT2D eigenvalue weighted by Crippen LogP contribution is -2.25. The average Bonchev–Trinajstić information content (AvgIpc) is 2.38. The van der Waals surface area contributed by atoms with E-state index in [-0.39, 0.29) is 11.6 Å². The maximum absolute atomic E-state index is 11.8. The molecule has 0 spiro atoms. The Morgan fingerprint density at radius 2 is 2.17 bits per heavy atom. The summed E-state index contributed by atoms with van der Waals surface area (Å²) in [6, 6.07) is 2.91. The Morgan fingerprint density at radius 3 is 2.72 bits per heavy atom. The van der Waals surface area contributed by atoms with Crippen molar-refractivity contribution in [1.29, 1.82) is 0 Å². The van der Waals surface area contributed by atoms with Crippen LogP contribution in [-0.2, 0) is 21.4 Å². The van der Waals surface area contributed by atoms with Crippen LogP contribution in [0.25, 0.3) is 0 Å². The third-order valence-corrected chi connectivity index (χ3v) is 3.70. The lowest BCUT2D eigenvalue weighted by Gasteiger charge is -2.06. The number of methoxy groups -OCH3 is 1. The standard InChI is InChI=1S/C11H18N2O4S/c1-17-7-3-2-6-13-18(15,16)11-5-4-10(9-14)8-12-11/h4-5,8,13-14H,2-3,6-7,9H2,1H3. The molecule has 0 aromatic carbocycles. The van der Waals surface area contributed by atoms with Crippen LogP contribution in [0.1, 0.15) is 18.4 Å². The van der Waals surface area contributed by atoms with E-state index in [4.69, 9.17) is 9.84 Å². The van der Waals surface area contributed by atoms with Crippen LogP contribution in [0, 0.1) is 0 Å². The molecule has 6 nitrogen and oxygen atoms in total. The molecule has 0 saturated carbocycles. The second-order valence-electron chi connectivity index (χ2n) is 3.76. The summed E-state index contributed by atoms with van der Waals surface area (Å²) in [5.74, 6) is 0. The van der Waals surface area contributed by atoms with Gasteiger partial charge in [-0.2, -0.15) is 0 Å². The van der Waals surface area contributed by atoms with Gasteiger partial charge < -0.3 is 9.84 Å². The maximum Gasteiger partial charge on any atom is 0.258 e. The van der Waals surface area contributed by atoms with Crippen LogP contribution in [0.4, 0.5) is 0 Å². The van der Waals surface area contributed by atoms with E-state index in [1.54, 1.807) is 7.11 Å². The van der Waals surface area contributed by atoms with Crippen molar-refractivity contribution in [3.05, 3.63) is 23.9 Å². The molecular formula is C11H18N2O4S. The van der Waals surface area contributed by atoms with Gasteiger partial charge in [0.1, 0.15) is 0 Å². The Kier molecular flexibility index (Phi) is 6.20. The van der Waals surface area contributed by atoms with E-state index in [9.17, 15) is 8.42 Å². The minimum atomic E-state index is -3.56. The van der Waals surface area contributed by atoms with Crippen molar-refractivity contribution >= 4 is 10.0 Å². The van der Waals surface area contributed by atoms with Gasteiger partial charge in [0.25, 0.3) is 10.0 Å². The highest BCUT2D eigenvalue weighted by molar-refractivity contribution is 7.89. The average molecular weight is 274 g/mol. The molecule has 18 heavy (non-hydrogen) atoms. The molecule has 0 radical (unpaired) electrons. The van der Waals surface area contributed by atoms with Crippen molar-refractivity contribution < 1.29 is 18.3 Å². The topological polar surface area (TPSA) is 88.5 Å². The number of unbranched alkanes of at least 4 members (excludes halogenated alkanes) is 1. The fraction of sp³-hybridized carbons (Fsp3) is 0.545. The number of nitrogens with zero attached hydrogens (tertiary/aromatic N) is 1. The number of hydrogen-bond acceptors (Lipinski definition) is 5. The molecule has 0 unspecified atom stereocenters. The first-order chi connectivity index (χ1) is 8.60. The largest absolute Gasteiger partial charge is 0.392 e. The highest BCUT2D eigenvalue weighted by Gasteiger charge is 2.14. The van der Waals surface area contributed by atoms with Gasteiger partial charge in [0, 0.05) is 26.5 Å². The summed E-state index contributed by atoms with van der Waals surface area (Å²) in [5, 5.41) is 8.80. The van der Waals surface area contributed by atoms with Gasteiger partial charge in [-0.1, -0.05) is 6.07 Å². The Balaban J connectivity index is 2.51. The van der Waals surface area contributed by atoms with E-state index in [0.717, 1.165) is 6.42 Å². The number of aliphatic hydroxyl groups is 1. The Hall–Kier alpha value is -1.02. The number of ether oxygens (including phenoxy) is 1. The van der Waals surface area contributed by atoms with E-state index in [1.165, 1.54) is 18.3 Å². The molecule has 0 fully saturated rings. The van der Waals surface area contributed by atoms with Gasteiger partial charge in [-0.05, 0) is 24.5 Å². The fourth-order valence-corrected chi connectivity index (χ4v) is 2.31. The van der Waals surface area contributed by atoms with E-state index in [0.29, 0.717) is 25.1 Å². The molecule has 2 N–H and O–H groups in total. The first-order valence-corrected chi connectivity index (χ1v) is 7.13. The predicted octanol–water partition coefficient (Wildman–Crippen LogP) is 0.279. The molecule has 0 aliphatic heterocycles. The van der Waals surface area contributed by atoms with Crippen LogP contribution in [0.5, 0.6) is 0 Å². The highest BCUT2D eigenvalue weighted by atomic mass is 32.2. The van der Waals surface area contributed by atoms with Crippen LogP contribution >= 0.6 is 0 Å². The molecule has 1 heterocycles. The van der Waals surface area contributed by atoms with Crippen LogP contribution < -0.4 is 4.72 Å². The Bertz CT molecular complexity index is 445. The summed E-state index contributed by atoms with van der Waals surface area (Å²) in [6.07, 6.45) is 2.86. The van der Waals surface area contributed by atoms with E-state index in [1.807, 2.05) is 0 Å². The summed E-state index contributed by atoms with van der Waals surface area (Å²) in [5.41, 5.74) is 0.578. The number of nitrogens with one attached hydrogen (secondary N) is 1. The first-order valence-electron chi connectivity index (χ1n) is 5.64. The minimum absolute atomic E-state index is 0.0357. The molecular weight excluding hydrogens is 256 g/mol. The molecule has 1 rings (SSSR count). The Morgan fingerprint density at radius 1 is 1.39 bits per heavy atom. The van der Waals surface area contributed by atoms with Crippen LogP contribution in [0.3, 0.4) is 0 Å². The van der Waals surface area contributed by atoms with Crippen LogP contribution in [-0.4, -0.2) is 38.8 Å². The third kappa shape index (κ3) is 4.69. The quantitative estimate of drug-likeness (QED) is 0.665. The minimum Gasteiger partial charge on any atom is -0.392 e. The Labute approximate surface area is 107 Å². The normalized spacial score (nSPS) is 11.7.